The second-order valence-electron chi connectivity index (χ2n) is 5.61. The normalized spacial score (nSPS) is 10.9. The minimum Gasteiger partial charge on any atom is -0.350 e. The van der Waals surface area contributed by atoms with Crippen LogP contribution in [0.5, 0.6) is 0 Å². The Balaban J connectivity index is 1.99. The van der Waals surface area contributed by atoms with Gasteiger partial charge in [0.25, 0.3) is 5.91 Å². The molecule has 0 saturated heterocycles. The zero-order valence-corrected chi connectivity index (χ0v) is 14.4. The fourth-order valence-electron chi connectivity index (χ4n) is 2.59. The molecule has 0 spiro atoms. The van der Waals surface area contributed by atoms with Crippen LogP contribution < -0.4 is 5.32 Å². The molecule has 112 valence electrons. The number of carbonyl (C=O) groups is 1. The Hall–Kier alpha value is -2.07. The van der Waals surface area contributed by atoms with Gasteiger partial charge in [-0.2, -0.15) is 0 Å². The first-order chi connectivity index (χ1) is 10.5. The van der Waals surface area contributed by atoms with Crippen LogP contribution in [0, 0.1) is 13.8 Å². The summed E-state index contributed by atoms with van der Waals surface area (Å²) in [5, 5.41) is 3.94. The third kappa shape index (κ3) is 2.66. The molecule has 0 fully saturated rings. The summed E-state index contributed by atoms with van der Waals surface area (Å²) in [6.07, 6.45) is 1.88. The van der Waals surface area contributed by atoms with E-state index in [0.29, 0.717) is 5.56 Å². The molecule has 0 atom stereocenters. The lowest BCUT2D eigenvalue weighted by molar-refractivity contribution is 0.102. The minimum absolute atomic E-state index is 0.0981. The molecular weight excluding hydrogens is 340 g/mol. The van der Waals surface area contributed by atoms with E-state index in [1.54, 1.807) is 0 Å². The van der Waals surface area contributed by atoms with Gasteiger partial charge in [-0.3, -0.25) is 4.79 Å². The molecule has 0 bridgehead atoms. The highest BCUT2D eigenvalue weighted by Crippen LogP contribution is 2.26. The highest BCUT2D eigenvalue weighted by molar-refractivity contribution is 9.10. The first-order valence-electron chi connectivity index (χ1n) is 7.09. The first kappa shape index (κ1) is 14.9. The Labute approximate surface area is 138 Å². The van der Waals surface area contributed by atoms with Crippen LogP contribution in [0.4, 0.5) is 5.69 Å². The van der Waals surface area contributed by atoms with Gasteiger partial charge in [0.05, 0.1) is 11.3 Å². The van der Waals surface area contributed by atoms with Gasteiger partial charge in [0.1, 0.15) is 0 Å². The fraction of sp³-hybridized carbons (Fsp3) is 0.167. The number of halogens is 1. The maximum absolute atomic E-state index is 12.6. The van der Waals surface area contributed by atoms with E-state index in [9.17, 15) is 4.79 Å². The summed E-state index contributed by atoms with van der Waals surface area (Å²) in [5.74, 6) is -0.0981. The summed E-state index contributed by atoms with van der Waals surface area (Å²) < 4.78 is 2.87. The van der Waals surface area contributed by atoms with Crippen LogP contribution in [-0.2, 0) is 7.05 Å². The zero-order valence-electron chi connectivity index (χ0n) is 12.8. The number of aryl methyl sites for hydroxylation is 3. The molecule has 0 aliphatic heterocycles. The molecule has 0 unspecified atom stereocenters. The van der Waals surface area contributed by atoms with Crippen molar-refractivity contribution in [2.75, 3.05) is 5.32 Å². The van der Waals surface area contributed by atoms with Crippen molar-refractivity contribution >= 4 is 38.4 Å². The van der Waals surface area contributed by atoms with E-state index in [1.165, 1.54) is 5.56 Å². The minimum atomic E-state index is -0.0981. The van der Waals surface area contributed by atoms with Gasteiger partial charge in [0.15, 0.2) is 0 Å². The average molecular weight is 357 g/mol. The number of benzene rings is 2. The fourth-order valence-corrected chi connectivity index (χ4v) is 3.18. The van der Waals surface area contributed by atoms with E-state index in [1.807, 2.05) is 55.1 Å². The number of hydrogen-bond donors (Lipinski definition) is 1. The van der Waals surface area contributed by atoms with Crippen LogP contribution in [0.15, 0.2) is 47.1 Å². The van der Waals surface area contributed by atoms with E-state index in [2.05, 4.69) is 34.2 Å². The Kier molecular flexibility index (Phi) is 3.79. The molecule has 3 nitrogen and oxygen atoms in total. The maximum Gasteiger partial charge on any atom is 0.257 e. The molecular formula is C18H17BrN2O. The number of nitrogens with zero attached hydrogens (tertiary/aromatic N) is 1. The second kappa shape index (κ2) is 5.61. The number of aromatic nitrogens is 1. The van der Waals surface area contributed by atoms with Crippen molar-refractivity contribution in [3.05, 3.63) is 63.8 Å². The Morgan fingerprint density at radius 1 is 1.09 bits per heavy atom. The number of amides is 1. The Morgan fingerprint density at radius 2 is 1.77 bits per heavy atom. The molecule has 0 saturated carbocycles. The van der Waals surface area contributed by atoms with E-state index >= 15 is 0 Å². The highest BCUT2D eigenvalue weighted by atomic mass is 79.9. The molecule has 3 rings (SSSR count). The summed E-state index contributed by atoms with van der Waals surface area (Å²) >= 11 is 3.49. The van der Waals surface area contributed by atoms with Crippen molar-refractivity contribution in [3.63, 3.8) is 0 Å². The third-order valence-electron chi connectivity index (χ3n) is 3.76. The molecule has 0 aliphatic carbocycles. The molecule has 1 heterocycles. The SMILES string of the molecule is Cc1ccc(NC(=O)c2cn(C)c3cc(C)ccc23)c(Br)c1. The summed E-state index contributed by atoms with van der Waals surface area (Å²) in [6.45, 7) is 4.07. The van der Waals surface area contributed by atoms with Gasteiger partial charge in [-0.05, 0) is 59.1 Å². The number of hydrogen-bond acceptors (Lipinski definition) is 1. The van der Waals surface area contributed by atoms with Gasteiger partial charge in [-0.1, -0.05) is 18.2 Å². The molecule has 3 aromatic rings. The number of nitrogens with one attached hydrogen (secondary N) is 1. The number of anilines is 1. The lowest BCUT2D eigenvalue weighted by atomic mass is 10.1. The van der Waals surface area contributed by atoms with Crippen molar-refractivity contribution in [1.29, 1.82) is 0 Å². The number of carbonyl (C=O) groups excluding carboxylic acids is 1. The van der Waals surface area contributed by atoms with Gasteiger partial charge < -0.3 is 9.88 Å². The van der Waals surface area contributed by atoms with Crippen LogP contribution in [0.3, 0.4) is 0 Å². The Morgan fingerprint density at radius 3 is 2.50 bits per heavy atom. The molecule has 0 aliphatic rings. The third-order valence-corrected chi connectivity index (χ3v) is 4.42. The zero-order chi connectivity index (χ0) is 15.9. The smallest absolute Gasteiger partial charge is 0.257 e. The van der Waals surface area contributed by atoms with Gasteiger partial charge in [-0.15, -0.1) is 0 Å². The molecule has 0 radical (unpaired) electrons. The monoisotopic (exact) mass is 356 g/mol. The van der Waals surface area contributed by atoms with Crippen molar-refractivity contribution in [2.24, 2.45) is 7.05 Å². The summed E-state index contributed by atoms with van der Waals surface area (Å²) in [4.78, 5) is 12.6. The van der Waals surface area contributed by atoms with Crippen LogP contribution in [0.1, 0.15) is 21.5 Å². The van der Waals surface area contributed by atoms with E-state index in [0.717, 1.165) is 26.6 Å². The molecule has 22 heavy (non-hydrogen) atoms. The van der Waals surface area contributed by atoms with Crippen LogP contribution in [0.25, 0.3) is 10.9 Å². The van der Waals surface area contributed by atoms with Crippen LogP contribution in [-0.4, -0.2) is 10.5 Å². The molecule has 1 N–H and O–H groups in total. The lowest BCUT2D eigenvalue weighted by Crippen LogP contribution is -2.12. The van der Waals surface area contributed by atoms with Crippen molar-refractivity contribution in [1.82, 2.24) is 4.57 Å². The topological polar surface area (TPSA) is 34.0 Å². The number of rotatable bonds is 2. The molecule has 1 amide bonds. The average Bonchev–Trinajstić information content (AvgIpc) is 2.79. The lowest BCUT2D eigenvalue weighted by Gasteiger charge is -2.07. The van der Waals surface area contributed by atoms with Gasteiger partial charge in [-0.25, -0.2) is 0 Å². The van der Waals surface area contributed by atoms with Gasteiger partial charge in [0.2, 0.25) is 0 Å². The van der Waals surface area contributed by atoms with E-state index < -0.39 is 0 Å². The highest BCUT2D eigenvalue weighted by Gasteiger charge is 2.15. The van der Waals surface area contributed by atoms with Crippen molar-refractivity contribution in [2.45, 2.75) is 13.8 Å². The Bertz CT molecular complexity index is 880. The van der Waals surface area contributed by atoms with E-state index in [-0.39, 0.29) is 5.91 Å². The van der Waals surface area contributed by atoms with Gasteiger partial charge >= 0.3 is 0 Å². The number of fused-ring (bicyclic) bond motifs is 1. The van der Waals surface area contributed by atoms with Crippen LogP contribution in [0.2, 0.25) is 0 Å². The molecule has 1 aromatic heterocycles. The summed E-state index contributed by atoms with van der Waals surface area (Å²) in [5.41, 5.74) is 4.85. The van der Waals surface area contributed by atoms with Gasteiger partial charge in [0, 0.05) is 28.6 Å². The van der Waals surface area contributed by atoms with Crippen LogP contribution >= 0.6 is 15.9 Å². The molecule has 2 aromatic carbocycles. The first-order valence-corrected chi connectivity index (χ1v) is 7.88. The summed E-state index contributed by atoms with van der Waals surface area (Å²) in [7, 11) is 1.96. The maximum atomic E-state index is 12.6. The van der Waals surface area contributed by atoms with E-state index in [4.69, 9.17) is 0 Å². The largest absolute Gasteiger partial charge is 0.350 e. The predicted octanol–water partition coefficient (Wildman–Crippen LogP) is 4.81. The standard InChI is InChI=1S/C18H17BrN2O/c1-11-5-7-16(15(19)8-11)20-18(22)14-10-21(3)17-9-12(2)4-6-13(14)17/h4-10H,1-3H3,(H,20,22). The van der Waals surface area contributed by atoms with Crippen molar-refractivity contribution < 1.29 is 4.79 Å². The predicted molar refractivity (Wildman–Crippen MR) is 94.5 cm³/mol. The molecule has 4 heteroatoms. The quantitative estimate of drug-likeness (QED) is 0.702. The van der Waals surface area contributed by atoms with Crippen molar-refractivity contribution in [3.8, 4) is 0 Å². The second-order valence-corrected chi connectivity index (χ2v) is 6.47. The summed E-state index contributed by atoms with van der Waals surface area (Å²) in [6, 6.07) is 12.0.